The lowest BCUT2D eigenvalue weighted by Gasteiger charge is -2.17. The normalized spacial score (nSPS) is 11.7. The van der Waals surface area contributed by atoms with Crippen molar-refractivity contribution in [2.75, 3.05) is 6.54 Å². The Morgan fingerprint density at radius 3 is 2.35 bits per heavy atom. The number of urea groups is 1. The van der Waals surface area contributed by atoms with E-state index in [2.05, 4.69) is 22.8 Å². The smallest absolute Gasteiger partial charge is 0.321 e. The zero-order valence-electron chi connectivity index (χ0n) is 14.4. The zero-order valence-corrected chi connectivity index (χ0v) is 15.3. The van der Waals surface area contributed by atoms with Crippen LogP contribution in [0.2, 0.25) is 0 Å². The van der Waals surface area contributed by atoms with E-state index in [0.29, 0.717) is 6.54 Å². The molecule has 2 N–H and O–H groups in total. The summed E-state index contributed by atoms with van der Waals surface area (Å²) in [6.45, 7) is 2.27. The first kappa shape index (κ1) is 18.0. The first-order valence-corrected chi connectivity index (χ1v) is 9.34. The number of hydrogen-bond donors (Lipinski definition) is 2. The van der Waals surface area contributed by atoms with Crippen LogP contribution in [0.15, 0.2) is 77.7 Å². The maximum atomic E-state index is 12.7. The number of fused-ring (bicyclic) bond motifs is 1. The summed E-state index contributed by atoms with van der Waals surface area (Å²) in [5.74, 6) is -0.333. The monoisotopic (exact) mass is 364 g/mol. The van der Waals surface area contributed by atoms with Crippen LogP contribution in [0.1, 0.15) is 17.7 Å². The largest absolute Gasteiger partial charge is 0.338 e. The molecule has 26 heavy (non-hydrogen) atoms. The Balaban J connectivity index is 1.87. The molecule has 3 amide bonds. The van der Waals surface area contributed by atoms with Gasteiger partial charge in [0.1, 0.15) is 5.25 Å². The molecular weight excluding hydrogens is 344 g/mol. The molecule has 3 aromatic rings. The Labute approximate surface area is 157 Å². The summed E-state index contributed by atoms with van der Waals surface area (Å²) in [5.41, 5.74) is 0.854. The summed E-state index contributed by atoms with van der Waals surface area (Å²) >= 11 is 1.43. The highest BCUT2D eigenvalue weighted by Crippen LogP contribution is 2.36. The van der Waals surface area contributed by atoms with Crippen LogP contribution in [0.3, 0.4) is 0 Å². The van der Waals surface area contributed by atoms with E-state index in [4.69, 9.17) is 0 Å². The third-order valence-corrected chi connectivity index (χ3v) is 5.14. The Bertz CT molecular complexity index is 912. The van der Waals surface area contributed by atoms with Crippen molar-refractivity contribution in [3.8, 4) is 0 Å². The maximum Gasteiger partial charge on any atom is 0.321 e. The molecule has 0 spiro atoms. The summed E-state index contributed by atoms with van der Waals surface area (Å²) in [6.07, 6.45) is 0. The van der Waals surface area contributed by atoms with E-state index in [1.54, 1.807) is 0 Å². The highest BCUT2D eigenvalue weighted by Gasteiger charge is 2.23. The molecule has 3 rings (SSSR count). The quantitative estimate of drug-likeness (QED) is 0.655. The van der Waals surface area contributed by atoms with Gasteiger partial charge in [-0.15, -0.1) is 11.8 Å². The number of benzene rings is 3. The van der Waals surface area contributed by atoms with Gasteiger partial charge in [-0.2, -0.15) is 0 Å². The van der Waals surface area contributed by atoms with Crippen molar-refractivity contribution in [3.05, 3.63) is 78.4 Å². The number of hydrogen-bond acceptors (Lipinski definition) is 3. The molecule has 0 saturated heterocycles. The summed E-state index contributed by atoms with van der Waals surface area (Å²) in [7, 11) is 0. The van der Waals surface area contributed by atoms with Crippen LogP contribution in [-0.4, -0.2) is 18.5 Å². The Kier molecular flexibility index (Phi) is 5.92. The van der Waals surface area contributed by atoms with E-state index < -0.39 is 11.3 Å². The Morgan fingerprint density at radius 1 is 0.923 bits per heavy atom. The summed E-state index contributed by atoms with van der Waals surface area (Å²) in [6, 6.07) is 23.2. The second kappa shape index (κ2) is 8.54. The van der Waals surface area contributed by atoms with Gasteiger partial charge in [-0.1, -0.05) is 60.7 Å². The number of nitrogens with one attached hydrogen (secondary N) is 2. The maximum absolute atomic E-state index is 12.7. The van der Waals surface area contributed by atoms with Gasteiger partial charge < -0.3 is 5.32 Å². The van der Waals surface area contributed by atoms with Crippen LogP contribution < -0.4 is 10.6 Å². The minimum Gasteiger partial charge on any atom is -0.338 e. The number of thioether (sulfide) groups is 1. The van der Waals surface area contributed by atoms with Crippen LogP contribution in [0.5, 0.6) is 0 Å². The van der Waals surface area contributed by atoms with Gasteiger partial charge in [0.15, 0.2) is 0 Å². The molecule has 0 heterocycles. The molecule has 0 aliphatic heterocycles. The second-order valence-electron chi connectivity index (χ2n) is 5.77. The van der Waals surface area contributed by atoms with Crippen LogP contribution in [0.4, 0.5) is 4.79 Å². The average Bonchev–Trinajstić information content (AvgIpc) is 2.66. The van der Waals surface area contributed by atoms with E-state index >= 15 is 0 Å². The molecule has 3 aromatic carbocycles. The van der Waals surface area contributed by atoms with Gasteiger partial charge in [0.2, 0.25) is 5.91 Å². The molecule has 0 aliphatic carbocycles. The summed E-state index contributed by atoms with van der Waals surface area (Å²) < 4.78 is 0. The SMILES string of the molecule is CCNC(=O)NC(=O)[C@@H](Sc1ccc2ccccc2c1)c1ccccc1. The minimum absolute atomic E-state index is 0.333. The molecular formula is C21H20N2O2S. The van der Waals surface area contributed by atoms with E-state index in [1.165, 1.54) is 11.8 Å². The lowest BCUT2D eigenvalue weighted by molar-refractivity contribution is -0.119. The molecule has 0 aliphatic rings. The molecule has 132 valence electrons. The lowest BCUT2D eigenvalue weighted by Crippen LogP contribution is -2.41. The first-order chi connectivity index (χ1) is 12.7. The fourth-order valence-corrected chi connectivity index (χ4v) is 3.73. The molecule has 5 heteroatoms. The standard InChI is InChI=1S/C21H20N2O2S/c1-2-22-21(25)23-20(24)19(16-9-4-3-5-10-16)26-18-13-12-15-8-6-7-11-17(15)14-18/h3-14,19H,2H2,1H3,(H2,22,23,24,25)/t19-/m0/s1. The van der Waals surface area contributed by atoms with Crippen LogP contribution in [-0.2, 0) is 4.79 Å². The topological polar surface area (TPSA) is 58.2 Å². The van der Waals surface area contributed by atoms with Gasteiger partial charge in [0.05, 0.1) is 0 Å². The van der Waals surface area contributed by atoms with E-state index in [-0.39, 0.29) is 5.91 Å². The molecule has 0 bridgehead atoms. The molecule has 0 unspecified atom stereocenters. The number of rotatable bonds is 5. The van der Waals surface area contributed by atoms with Crippen molar-refractivity contribution >= 4 is 34.5 Å². The number of amides is 3. The molecule has 0 saturated carbocycles. The van der Waals surface area contributed by atoms with Crippen molar-refractivity contribution in [2.24, 2.45) is 0 Å². The fourth-order valence-electron chi connectivity index (χ4n) is 2.66. The van der Waals surface area contributed by atoms with Crippen LogP contribution in [0, 0.1) is 0 Å². The molecule has 0 fully saturated rings. The van der Waals surface area contributed by atoms with Gasteiger partial charge >= 0.3 is 6.03 Å². The number of carbonyl (C=O) groups excluding carboxylic acids is 2. The van der Waals surface area contributed by atoms with Crippen molar-refractivity contribution in [1.82, 2.24) is 10.6 Å². The predicted molar refractivity (Wildman–Crippen MR) is 106 cm³/mol. The summed E-state index contributed by atoms with van der Waals surface area (Å²) in [5, 5.41) is 6.78. The van der Waals surface area contributed by atoms with Crippen LogP contribution >= 0.6 is 11.8 Å². The fraction of sp³-hybridized carbons (Fsp3) is 0.143. The van der Waals surface area contributed by atoms with Gasteiger partial charge in [0.25, 0.3) is 0 Å². The lowest BCUT2D eigenvalue weighted by atomic mass is 10.1. The van der Waals surface area contributed by atoms with Gasteiger partial charge in [-0.3, -0.25) is 10.1 Å². The second-order valence-corrected chi connectivity index (χ2v) is 6.94. The number of imide groups is 1. The average molecular weight is 364 g/mol. The third-order valence-electron chi connectivity index (χ3n) is 3.89. The van der Waals surface area contributed by atoms with Gasteiger partial charge in [0, 0.05) is 11.4 Å². The van der Waals surface area contributed by atoms with E-state index in [0.717, 1.165) is 21.2 Å². The van der Waals surface area contributed by atoms with Crippen LogP contribution in [0.25, 0.3) is 10.8 Å². The Hall–Kier alpha value is -2.79. The molecule has 4 nitrogen and oxygen atoms in total. The van der Waals surface area contributed by atoms with Crippen molar-refractivity contribution in [1.29, 1.82) is 0 Å². The van der Waals surface area contributed by atoms with E-state index in [1.807, 2.05) is 67.6 Å². The number of carbonyl (C=O) groups is 2. The van der Waals surface area contributed by atoms with Crippen molar-refractivity contribution in [3.63, 3.8) is 0 Å². The van der Waals surface area contributed by atoms with E-state index in [9.17, 15) is 9.59 Å². The third kappa shape index (κ3) is 4.43. The van der Waals surface area contributed by atoms with Gasteiger partial charge in [-0.25, -0.2) is 4.79 Å². The minimum atomic E-state index is -0.514. The van der Waals surface area contributed by atoms with Crippen molar-refractivity contribution < 1.29 is 9.59 Å². The first-order valence-electron chi connectivity index (χ1n) is 8.46. The summed E-state index contributed by atoms with van der Waals surface area (Å²) in [4.78, 5) is 25.4. The Morgan fingerprint density at radius 2 is 1.62 bits per heavy atom. The highest BCUT2D eigenvalue weighted by molar-refractivity contribution is 8.00. The molecule has 0 aromatic heterocycles. The van der Waals surface area contributed by atoms with Gasteiger partial charge in [-0.05, 0) is 35.4 Å². The molecule has 0 radical (unpaired) electrons. The predicted octanol–water partition coefficient (Wildman–Crippen LogP) is 4.52. The van der Waals surface area contributed by atoms with Crippen molar-refractivity contribution in [2.45, 2.75) is 17.1 Å². The molecule has 1 atom stereocenters. The highest BCUT2D eigenvalue weighted by atomic mass is 32.2. The zero-order chi connectivity index (χ0) is 18.4.